The topological polar surface area (TPSA) is 64.9 Å². The molecule has 0 aromatic heterocycles. The molecule has 0 fully saturated rings. The second-order valence-corrected chi connectivity index (χ2v) is 1.82. The van der Waals surface area contributed by atoms with E-state index in [0.717, 1.165) is 6.42 Å². The minimum absolute atomic E-state index is 0.417. The first kappa shape index (κ1) is 7.43. The Hall–Kier alpha value is -0.570. The summed E-state index contributed by atoms with van der Waals surface area (Å²) in [6.45, 7) is 1.95. The van der Waals surface area contributed by atoms with Crippen molar-refractivity contribution in [3.63, 3.8) is 0 Å². The number of rotatable bonds is 3. The van der Waals surface area contributed by atoms with Gasteiger partial charge >= 0.3 is 5.97 Å². The van der Waals surface area contributed by atoms with Crippen LogP contribution in [-0.2, 0) is 4.79 Å². The molecular formula is C5H12NO2+. The van der Waals surface area contributed by atoms with E-state index in [2.05, 4.69) is 5.73 Å². The Kier molecular flexibility index (Phi) is 3.19. The van der Waals surface area contributed by atoms with Crippen LogP contribution in [0.25, 0.3) is 0 Å². The largest absolute Gasteiger partial charge is 0.477 e. The Morgan fingerprint density at radius 1 is 1.88 bits per heavy atom. The first-order valence-electron chi connectivity index (χ1n) is 2.74. The maximum absolute atomic E-state index is 10.0. The number of carboxylic acids is 1. The van der Waals surface area contributed by atoms with Crippen LogP contribution in [0.2, 0.25) is 0 Å². The van der Waals surface area contributed by atoms with Gasteiger partial charge in [0.25, 0.3) is 0 Å². The zero-order valence-electron chi connectivity index (χ0n) is 5.05. The molecule has 3 heteroatoms. The zero-order valence-corrected chi connectivity index (χ0v) is 5.05. The highest BCUT2D eigenvalue weighted by Gasteiger charge is 2.12. The average molecular weight is 118 g/mol. The van der Waals surface area contributed by atoms with Crippen LogP contribution in [-0.4, -0.2) is 17.1 Å². The molecule has 8 heavy (non-hydrogen) atoms. The molecule has 0 amide bonds. The van der Waals surface area contributed by atoms with Crippen LogP contribution < -0.4 is 5.73 Å². The van der Waals surface area contributed by atoms with Crippen molar-refractivity contribution in [3.05, 3.63) is 0 Å². The Balaban J connectivity index is 3.32. The number of hydrogen-bond donors (Lipinski definition) is 2. The van der Waals surface area contributed by atoms with E-state index in [1.165, 1.54) is 0 Å². The highest BCUT2D eigenvalue weighted by Crippen LogP contribution is 1.89. The molecule has 0 saturated heterocycles. The van der Waals surface area contributed by atoms with Crippen molar-refractivity contribution < 1.29 is 15.6 Å². The molecule has 0 bridgehead atoms. The summed E-state index contributed by atoms with van der Waals surface area (Å²) in [6.07, 6.45) is 1.57. The predicted molar refractivity (Wildman–Crippen MR) is 29.2 cm³/mol. The first-order valence-corrected chi connectivity index (χ1v) is 2.74. The standard InChI is InChI=1S/C5H11NO2/c1-2-3-4(6)5(7)8/h4H,2-3,6H2,1H3,(H,7,8)/p+1/t4-/m0/s1. The zero-order chi connectivity index (χ0) is 6.57. The molecule has 3 nitrogen and oxygen atoms in total. The van der Waals surface area contributed by atoms with Gasteiger partial charge in [0, 0.05) is 6.42 Å². The van der Waals surface area contributed by atoms with Crippen LogP contribution in [0.5, 0.6) is 0 Å². The summed E-state index contributed by atoms with van der Waals surface area (Å²) in [5.41, 5.74) is 3.43. The van der Waals surface area contributed by atoms with E-state index in [0.29, 0.717) is 6.42 Å². The second kappa shape index (κ2) is 3.43. The highest BCUT2D eigenvalue weighted by molar-refractivity contribution is 5.71. The molecule has 0 unspecified atom stereocenters. The van der Waals surface area contributed by atoms with Crippen molar-refractivity contribution in [3.8, 4) is 0 Å². The minimum Gasteiger partial charge on any atom is -0.477 e. The predicted octanol–water partition coefficient (Wildman–Crippen LogP) is -0.518. The van der Waals surface area contributed by atoms with Crippen LogP contribution in [0.15, 0.2) is 0 Å². The van der Waals surface area contributed by atoms with E-state index >= 15 is 0 Å². The third-order valence-corrected chi connectivity index (χ3v) is 0.986. The van der Waals surface area contributed by atoms with Gasteiger partial charge in [0.2, 0.25) is 0 Å². The average Bonchev–Trinajstić information content (AvgIpc) is 1.67. The monoisotopic (exact) mass is 118 g/mol. The highest BCUT2D eigenvalue weighted by atomic mass is 16.4. The van der Waals surface area contributed by atoms with E-state index in [1.54, 1.807) is 0 Å². The van der Waals surface area contributed by atoms with Gasteiger partial charge in [-0.25, -0.2) is 4.79 Å². The molecule has 0 rings (SSSR count). The van der Waals surface area contributed by atoms with Gasteiger partial charge in [-0.2, -0.15) is 0 Å². The molecule has 0 aliphatic heterocycles. The molecule has 0 aliphatic rings. The summed E-state index contributed by atoms with van der Waals surface area (Å²) >= 11 is 0. The lowest BCUT2D eigenvalue weighted by Gasteiger charge is -1.96. The first-order chi connectivity index (χ1) is 3.68. The van der Waals surface area contributed by atoms with Gasteiger partial charge in [0.05, 0.1) is 0 Å². The van der Waals surface area contributed by atoms with Gasteiger partial charge < -0.3 is 10.8 Å². The van der Waals surface area contributed by atoms with E-state index in [4.69, 9.17) is 5.11 Å². The molecule has 4 N–H and O–H groups in total. The fourth-order valence-electron chi connectivity index (χ4n) is 0.472. The molecule has 0 saturated carbocycles. The van der Waals surface area contributed by atoms with Gasteiger partial charge in [-0.3, -0.25) is 0 Å². The van der Waals surface area contributed by atoms with E-state index < -0.39 is 12.0 Å². The van der Waals surface area contributed by atoms with Gasteiger partial charge in [-0.1, -0.05) is 6.92 Å². The lowest BCUT2D eigenvalue weighted by Crippen LogP contribution is -2.64. The van der Waals surface area contributed by atoms with Crippen molar-refractivity contribution in [2.24, 2.45) is 0 Å². The van der Waals surface area contributed by atoms with Crippen LogP contribution in [0.1, 0.15) is 19.8 Å². The minimum atomic E-state index is -0.799. The van der Waals surface area contributed by atoms with Gasteiger partial charge in [0.15, 0.2) is 6.04 Å². The lowest BCUT2D eigenvalue weighted by molar-refractivity contribution is -0.408. The fourth-order valence-corrected chi connectivity index (χ4v) is 0.472. The Labute approximate surface area is 48.5 Å². The van der Waals surface area contributed by atoms with E-state index in [-0.39, 0.29) is 0 Å². The third kappa shape index (κ3) is 2.58. The normalized spacial score (nSPS) is 13.2. The lowest BCUT2D eigenvalue weighted by atomic mass is 10.2. The molecule has 0 heterocycles. The van der Waals surface area contributed by atoms with Crippen molar-refractivity contribution in [2.45, 2.75) is 25.8 Å². The van der Waals surface area contributed by atoms with Crippen molar-refractivity contribution in [1.82, 2.24) is 0 Å². The molecule has 1 atom stereocenters. The number of carboxylic acid groups (broad SMARTS) is 1. The molecule has 0 aliphatic carbocycles. The number of aliphatic carboxylic acids is 1. The quantitative estimate of drug-likeness (QED) is 0.523. The van der Waals surface area contributed by atoms with Crippen LogP contribution in [0.4, 0.5) is 0 Å². The summed E-state index contributed by atoms with van der Waals surface area (Å²) in [4.78, 5) is 10.0. The third-order valence-electron chi connectivity index (χ3n) is 0.986. The molecular weight excluding hydrogens is 106 g/mol. The molecule has 48 valence electrons. The van der Waals surface area contributed by atoms with Gasteiger partial charge in [-0.15, -0.1) is 0 Å². The summed E-state index contributed by atoms with van der Waals surface area (Å²) < 4.78 is 0. The van der Waals surface area contributed by atoms with E-state index in [1.807, 2.05) is 6.92 Å². The van der Waals surface area contributed by atoms with Crippen molar-refractivity contribution >= 4 is 5.97 Å². The van der Waals surface area contributed by atoms with Crippen LogP contribution in [0.3, 0.4) is 0 Å². The Morgan fingerprint density at radius 3 is 2.50 bits per heavy atom. The van der Waals surface area contributed by atoms with E-state index in [9.17, 15) is 4.79 Å². The fraction of sp³-hybridized carbons (Fsp3) is 0.800. The van der Waals surface area contributed by atoms with Crippen molar-refractivity contribution in [2.75, 3.05) is 0 Å². The van der Waals surface area contributed by atoms with Gasteiger partial charge in [-0.05, 0) is 6.42 Å². The van der Waals surface area contributed by atoms with Crippen LogP contribution >= 0.6 is 0 Å². The summed E-state index contributed by atoms with van der Waals surface area (Å²) in [7, 11) is 0. The number of carbonyl (C=O) groups is 1. The summed E-state index contributed by atoms with van der Waals surface area (Å²) in [5.74, 6) is -0.799. The maximum atomic E-state index is 10.0. The number of hydrogen-bond acceptors (Lipinski definition) is 1. The number of quaternary nitrogens is 1. The second-order valence-electron chi connectivity index (χ2n) is 1.82. The van der Waals surface area contributed by atoms with Crippen LogP contribution in [0, 0.1) is 0 Å². The molecule has 0 radical (unpaired) electrons. The Bertz CT molecular complexity index is 82.5. The molecule has 0 aromatic carbocycles. The molecule has 0 aromatic rings. The molecule has 0 spiro atoms. The Morgan fingerprint density at radius 2 is 2.38 bits per heavy atom. The smallest absolute Gasteiger partial charge is 0.362 e. The summed E-state index contributed by atoms with van der Waals surface area (Å²) in [5, 5.41) is 8.25. The SMILES string of the molecule is CCC[C@H]([NH3+])C(=O)O. The van der Waals surface area contributed by atoms with Crippen molar-refractivity contribution in [1.29, 1.82) is 0 Å². The van der Waals surface area contributed by atoms with Gasteiger partial charge in [0.1, 0.15) is 0 Å². The summed E-state index contributed by atoms with van der Waals surface area (Å²) in [6, 6.07) is -0.417. The maximum Gasteiger partial charge on any atom is 0.362 e.